The number of unbranched alkanes of at least 4 members (excludes halogenated alkanes) is 26. The quantitative estimate of drug-likeness (QED) is 0.0134. The molecule has 0 aromatic heterocycles. The summed E-state index contributed by atoms with van der Waals surface area (Å²) in [5.41, 5.74) is -1.55. The van der Waals surface area contributed by atoms with Gasteiger partial charge in [-0.3, -0.25) is 14.4 Å². The van der Waals surface area contributed by atoms with E-state index in [1.54, 1.807) is 0 Å². The number of Topliss-reactive ketones (excluding diaryl/α,β-unsaturated/α-hetero) is 3. The van der Waals surface area contributed by atoms with Crippen molar-refractivity contribution in [2.24, 2.45) is 5.41 Å². The number of rotatable bonds is 44. The third kappa shape index (κ3) is 18.9. The Morgan fingerprint density at radius 2 is 0.887 bits per heavy atom. The lowest BCUT2D eigenvalue weighted by Gasteiger charge is -2.43. The lowest BCUT2D eigenvalue weighted by Crippen LogP contribution is -2.59. The van der Waals surface area contributed by atoms with Crippen molar-refractivity contribution in [2.75, 3.05) is 6.61 Å². The van der Waals surface area contributed by atoms with Gasteiger partial charge in [0.1, 0.15) is 23.4 Å². The highest BCUT2D eigenvalue weighted by molar-refractivity contribution is 6.43. The first-order valence-corrected chi connectivity index (χ1v) is 29.3. The molecule has 4 aromatic carbocycles. The van der Waals surface area contributed by atoms with E-state index in [0.717, 1.165) is 141 Å². The first-order chi connectivity index (χ1) is 34.8. The van der Waals surface area contributed by atoms with E-state index >= 15 is 9.59 Å². The maximum absolute atomic E-state index is 15.5. The van der Waals surface area contributed by atoms with E-state index in [0.29, 0.717) is 25.7 Å². The van der Waals surface area contributed by atoms with Crippen molar-refractivity contribution in [2.45, 2.75) is 257 Å². The molecular formula is C65H98O6. The first kappa shape index (κ1) is 59.8. The third-order valence-electron chi connectivity index (χ3n) is 15.5. The van der Waals surface area contributed by atoms with Crippen LogP contribution in [0.15, 0.2) is 78.9 Å². The molecule has 0 saturated carbocycles. The molecule has 0 radical (unpaired) electrons. The van der Waals surface area contributed by atoms with E-state index in [1.807, 2.05) is 18.2 Å². The number of benzene rings is 4. The molecular weight excluding hydrogens is 877 g/mol. The van der Waals surface area contributed by atoms with E-state index in [9.17, 15) is 20.1 Å². The predicted molar refractivity (Wildman–Crippen MR) is 302 cm³/mol. The van der Waals surface area contributed by atoms with E-state index < -0.39 is 47.5 Å². The van der Waals surface area contributed by atoms with Gasteiger partial charge in [0, 0.05) is 18.8 Å². The second-order valence-electron chi connectivity index (χ2n) is 21.2. The molecule has 71 heavy (non-hydrogen) atoms. The standard InChI is InChI=1S/C65H98O6/c1-4-7-10-13-15-17-19-21-23-25-27-29-31-34-37-43-58(67)63(70)65(64(71)59(68)51-66,60(69)44-38-35-32-30-28-26-24-22-20-18-16-14-11-8-5-2)57(42-36-33-12-9-6-3)55-49-47-54-46-45-52-40-39-41-53-48-50-56(55)62(54)61(52)53/h21-24,39-41,45-50,57,59,64,66,68,71H,4-20,25-38,42-44,51H2,1-3H3/b23-21-,24-22-. The smallest absolute Gasteiger partial charge is 0.215 e. The SMILES string of the molecule is CCCCCCCC/C=C\CCCCCCCC(=O)C(=O)C(C(=O)CCCCCCC/C=C\CCCCCCCC)(C(CCCCCCC)c1ccc2ccc3cccc4ccc1c2c34)C(O)C(O)CO. The Bertz CT molecular complexity index is 2120. The molecule has 0 bridgehead atoms. The van der Waals surface area contributed by atoms with Crippen LogP contribution in [0.5, 0.6) is 0 Å². The molecule has 6 heteroatoms. The number of carbonyl (C=O) groups is 3. The largest absolute Gasteiger partial charge is 0.394 e. The van der Waals surface area contributed by atoms with Gasteiger partial charge in [-0.2, -0.15) is 0 Å². The molecule has 0 heterocycles. The van der Waals surface area contributed by atoms with Crippen LogP contribution >= 0.6 is 0 Å². The maximum Gasteiger partial charge on any atom is 0.215 e. The highest BCUT2D eigenvalue weighted by atomic mass is 16.4. The number of carbonyl (C=O) groups excluding carboxylic acids is 3. The Kier molecular flexibility index (Phi) is 29.9. The summed E-state index contributed by atoms with van der Waals surface area (Å²) in [6.45, 7) is 5.82. The van der Waals surface area contributed by atoms with Crippen LogP contribution in [0, 0.1) is 5.41 Å². The number of hydrogen-bond donors (Lipinski definition) is 3. The molecule has 0 aliphatic heterocycles. The molecule has 0 aliphatic rings. The zero-order valence-electron chi connectivity index (χ0n) is 45.1. The van der Waals surface area contributed by atoms with Crippen LogP contribution in [-0.4, -0.2) is 51.5 Å². The molecule has 394 valence electrons. The maximum atomic E-state index is 15.5. The average Bonchev–Trinajstić information content (AvgIpc) is 3.39. The Morgan fingerprint density at radius 3 is 1.38 bits per heavy atom. The monoisotopic (exact) mass is 975 g/mol. The Morgan fingerprint density at radius 1 is 0.479 bits per heavy atom. The molecule has 4 unspecified atom stereocenters. The number of ketones is 3. The number of hydrogen-bond acceptors (Lipinski definition) is 6. The number of aliphatic hydroxyl groups is 3. The normalized spacial score (nSPS) is 14.3. The van der Waals surface area contributed by atoms with Crippen LogP contribution in [0.3, 0.4) is 0 Å². The summed E-state index contributed by atoms with van der Waals surface area (Å²) in [6, 6.07) is 18.6. The van der Waals surface area contributed by atoms with E-state index in [-0.39, 0.29) is 12.8 Å². The summed E-state index contributed by atoms with van der Waals surface area (Å²) in [6.07, 6.45) is 39.2. The minimum Gasteiger partial charge on any atom is -0.394 e. The van der Waals surface area contributed by atoms with Crippen molar-refractivity contribution in [3.05, 3.63) is 84.5 Å². The van der Waals surface area contributed by atoms with E-state index in [2.05, 4.69) is 81.5 Å². The van der Waals surface area contributed by atoms with E-state index in [4.69, 9.17) is 0 Å². The Labute approximate surface area is 431 Å². The van der Waals surface area contributed by atoms with Crippen molar-refractivity contribution < 1.29 is 29.7 Å². The predicted octanol–water partition coefficient (Wildman–Crippen LogP) is 17.5. The second kappa shape index (κ2) is 35.4. The van der Waals surface area contributed by atoms with Gasteiger partial charge >= 0.3 is 0 Å². The summed E-state index contributed by atoms with van der Waals surface area (Å²) >= 11 is 0. The Balaban J connectivity index is 1.57. The molecule has 6 nitrogen and oxygen atoms in total. The number of allylic oxidation sites excluding steroid dienone is 4. The fraction of sp³-hybridized carbons (Fsp3) is 0.646. The van der Waals surface area contributed by atoms with Gasteiger partial charge in [0.25, 0.3) is 0 Å². The van der Waals surface area contributed by atoms with Crippen LogP contribution in [0.2, 0.25) is 0 Å². The minimum absolute atomic E-state index is 0.00202. The molecule has 0 fully saturated rings. The number of aliphatic hydroxyl groups excluding tert-OH is 3. The molecule has 0 spiro atoms. The Hall–Kier alpha value is -3.71. The zero-order chi connectivity index (χ0) is 50.9. The lowest BCUT2D eigenvalue weighted by molar-refractivity contribution is -0.165. The van der Waals surface area contributed by atoms with E-state index in [1.165, 1.54) is 77.0 Å². The van der Waals surface area contributed by atoms with Crippen molar-refractivity contribution in [3.63, 3.8) is 0 Å². The van der Waals surface area contributed by atoms with Crippen molar-refractivity contribution in [1.82, 2.24) is 0 Å². The molecule has 3 N–H and O–H groups in total. The minimum atomic E-state index is -2.28. The van der Waals surface area contributed by atoms with Gasteiger partial charge in [-0.1, -0.05) is 235 Å². The van der Waals surface area contributed by atoms with Gasteiger partial charge in [0.05, 0.1) is 6.61 Å². The molecule has 0 amide bonds. The van der Waals surface area contributed by atoms with Crippen LogP contribution in [0.1, 0.15) is 251 Å². The summed E-state index contributed by atoms with van der Waals surface area (Å²) < 4.78 is 0. The summed E-state index contributed by atoms with van der Waals surface area (Å²) in [7, 11) is 0. The first-order valence-electron chi connectivity index (χ1n) is 29.3. The average molecular weight is 975 g/mol. The lowest BCUT2D eigenvalue weighted by atomic mass is 9.58. The topological polar surface area (TPSA) is 112 Å². The summed E-state index contributed by atoms with van der Waals surface area (Å²) in [4.78, 5) is 45.6. The van der Waals surface area contributed by atoms with Gasteiger partial charge in [-0.15, -0.1) is 0 Å². The van der Waals surface area contributed by atoms with Gasteiger partial charge in [0.15, 0.2) is 5.78 Å². The summed E-state index contributed by atoms with van der Waals surface area (Å²) in [5.74, 6) is -2.98. The molecule has 0 aliphatic carbocycles. The van der Waals surface area contributed by atoms with Crippen molar-refractivity contribution in [1.29, 1.82) is 0 Å². The fourth-order valence-corrected chi connectivity index (χ4v) is 11.3. The molecule has 0 saturated heterocycles. The zero-order valence-corrected chi connectivity index (χ0v) is 45.1. The van der Waals surface area contributed by atoms with Crippen molar-refractivity contribution in [3.8, 4) is 0 Å². The van der Waals surface area contributed by atoms with Gasteiger partial charge in [0.2, 0.25) is 5.78 Å². The molecule has 4 rings (SSSR count). The van der Waals surface area contributed by atoms with Gasteiger partial charge in [-0.05, 0) is 109 Å². The third-order valence-corrected chi connectivity index (χ3v) is 15.5. The fourth-order valence-electron chi connectivity index (χ4n) is 11.3. The molecule has 4 atom stereocenters. The van der Waals surface area contributed by atoms with Crippen LogP contribution in [0.25, 0.3) is 32.3 Å². The van der Waals surface area contributed by atoms with Crippen molar-refractivity contribution >= 4 is 49.7 Å². The van der Waals surface area contributed by atoms with Gasteiger partial charge < -0.3 is 15.3 Å². The highest BCUT2D eigenvalue weighted by Gasteiger charge is 2.59. The highest BCUT2D eigenvalue weighted by Crippen LogP contribution is 2.50. The summed E-state index contributed by atoms with van der Waals surface area (Å²) in [5, 5.41) is 40.8. The molecule has 4 aromatic rings. The van der Waals surface area contributed by atoms with Crippen LogP contribution in [0.4, 0.5) is 0 Å². The van der Waals surface area contributed by atoms with Crippen LogP contribution in [-0.2, 0) is 14.4 Å². The second-order valence-corrected chi connectivity index (χ2v) is 21.2. The van der Waals surface area contributed by atoms with Gasteiger partial charge in [-0.25, -0.2) is 0 Å². The van der Waals surface area contributed by atoms with Crippen LogP contribution < -0.4 is 0 Å².